The maximum Gasteiger partial charge on any atom is 0.340 e. The summed E-state index contributed by atoms with van der Waals surface area (Å²) in [6.07, 6.45) is 0. The zero-order chi connectivity index (χ0) is 18.4. The number of aromatic carboxylic acids is 1. The van der Waals surface area contributed by atoms with Crippen molar-refractivity contribution in [3.63, 3.8) is 0 Å². The van der Waals surface area contributed by atoms with Gasteiger partial charge in [0.2, 0.25) is 0 Å². The molecule has 2 rings (SSSR count). The Hall–Kier alpha value is -3.08. The van der Waals surface area contributed by atoms with E-state index in [1.807, 2.05) is 30.3 Å². The summed E-state index contributed by atoms with van der Waals surface area (Å²) in [5, 5.41) is 12.7. The smallest absolute Gasteiger partial charge is 0.340 e. The molecule has 0 saturated heterocycles. The predicted molar refractivity (Wildman–Crippen MR) is 97.4 cm³/mol. The van der Waals surface area contributed by atoms with Crippen LogP contribution in [0.2, 0.25) is 0 Å². The topological polar surface area (TPSA) is 75.6 Å². The van der Waals surface area contributed by atoms with Crippen molar-refractivity contribution in [1.82, 2.24) is 0 Å². The minimum Gasteiger partial charge on any atom is -0.478 e. The summed E-state index contributed by atoms with van der Waals surface area (Å²) in [5.74, 6) is -1.64. The van der Waals surface area contributed by atoms with Crippen LogP contribution in [-0.4, -0.2) is 23.7 Å². The Bertz CT molecular complexity index is 810. The van der Waals surface area contributed by atoms with E-state index in [4.69, 9.17) is 4.74 Å². The number of aryl methyl sites for hydroxylation is 1. The number of ether oxygens (including phenoxy) is 1. The molecule has 0 bridgehead atoms. The first-order chi connectivity index (χ1) is 12.0. The van der Waals surface area contributed by atoms with Gasteiger partial charge in [0.25, 0.3) is 0 Å². The zero-order valence-corrected chi connectivity index (χ0v) is 14.5. The van der Waals surface area contributed by atoms with E-state index in [-0.39, 0.29) is 17.7 Å². The normalized spacial score (nSPS) is 11.5. The van der Waals surface area contributed by atoms with Crippen LogP contribution in [0, 0.1) is 6.92 Å². The van der Waals surface area contributed by atoms with Gasteiger partial charge in [0.05, 0.1) is 17.7 Å². The molecule has 0 fully saturated rings. The third-order valence-electron chi connectivity index (χ3n) is 3.72. The lowest BCUT2D eigenvalue weighted by Crippen LogP contribution is -2.15. The Kier molecular flexibility index (Phi) is 5.95. The van der Waals surface area contributed by atoms with Crippen molar-refractivity contribution >= 4 is 23.2 Å². The van der Waals surface area contributed by atoms with Gasteiger partial charge in [-0.25, -0.2) is 9.59 Å². The summed E-state index contributed by atoms with van der Waals surface area (Å²) in [4.78, 5) is 24.3. The second kappa shape index (κ2) is 8.15. The van der Waals surface area contributed by atoms with Gasteiger partial charge in [-0.1, -0.05) is 36.4 Å². The van der Waals surface area contributed by atoms with Gasteiger partial charge in [-0.15, -0.1) is 0 Å². The Morgan fingerprint density at radius 3 is 2.36 bits per heavy atom. The summed E-state index contributed by atoms with van der Waals surface area (Å²) in [7, 11) is 0. The minimum atomic E-state index is -1.08. The predicted octanol–water partition coefficient (Wildman–Crippen LogP) is 4.10. The SMILES string of the molecule is CCOC(=O)/C(=C(/C)Nc1ccccc1)c1cccc(C)c1C(=O)O. The number of hydrogen-bond donors (Lipinski definition) is 2. The molecule has 0 aliphatic rings. The van der Waals surface area contributed by atoms with Gasteiger partial charge in [0.15, 0.2) is 0 Å². The maximum atomic E-state index is 12.5. The molecular formula is C20H21NO4. The van der Waals surface area contributed by atoms with Crippen LogP contribution in [0.1, 0.15) is 35.3 Å². The molecule has 0 heterocycles. The molecule has 0 aromatic heterocycles. The molecule has 2 aromatic rings. The van der Waals surface area contributed by atoms with Gasteiger partial charge >= 0.3 is 11.9 Å². The highest BCUT2D eigenvalue weighted by atomic mass is 16.5. The molecule has 0 atom stereocenters. The lowest BCUT2D eigenvalue weighted by atomic mass is 9.94. The Morgan fingerprint density at radius 2 is 1.76 bits per heavy atom. The third-order valence-corrected chi connectivity index (χ3v) is 3.72. The number of nitrogens with one attached hydrogen (secondary N) is 1. The first kappa shape index (κ1) is 18.3. The fraction of sp³-hybridized carbons (Fsp3) is 0.200. The highest BCUT2D eigenvalue weighted by Gasteiger charge is 2.24. The molecule has 5 nitrogen and oxygen atoms in total. The lowest BCUT2D eigenvalue weighted by molar-refractivity contribution is -0.136. The largest absolute Gasteiger partial charge is 0.478 e. The van der Waals surface area contributed by atoms with Crippen molar-refractivity contribution < 1.29 is 19.4 Å². The van der Waals surface area contributed by atoms with Gasteiger partial charge < -0.3 is 15.2 Å². The van der Waals surface area contributed by atoms with E-state index in [1.165, 1.54) is 0 Å². The zero-order valence-electron chi connectivity index (χ0n) is 14.5. The number of carboxylic acids is 1. The van der Waals surface area contributed by atoms with Gasteiger partial charge in [-0.05, 0) is 38.5 Å². The van der Waals surface area contributed by atoms with Crippen molar-refractivity contribution in [2.45, 2.75) is 20.8 Å². The average Bonchev–Trinajstić information content (AvgIpc) is 2.56. The molecule has 0 unspecified atom stereocenters. The molecule has 25 heavy (non-hydrogen) atoms. The summed E-state index contributed by atoms with van der Waals surface area (Å²) < 4.78 is 5.16. The van der Waals surface area contributed by atoms with E-state index < -0.39 is 11.9 Å². The number of para-hydroxylation sites is 1. The molecule has 130 valence electrons. The monoisotopic (exact) mass is 339 g/mol. The van der Waals surface area contributed by atoms with E-state index in [2.05, 4.69) is 5.32 Å². The first-order valence-corrected chi connectivity index (χ1v) is 7.99. The molecule has 0 saturated carbocycles. The number of carbonyl (C=O) groups excluding carboxylic acids is 1. The van der Waals surface area contributed by atoms with Crippen molar-refractivity contribution in [3.05, 3.63) is 70.9 Å². The van der Waals surface area contributed by atoms with Crippen LogP contribution < -0.4 is 5.32 Å². The van der Waals surface area contributed by atoms with E-state index in [9.17, 15) is 14.7 Å². The van der Waals surface area contributed by atoms with Crippen LogP contribution in [0.25, 0.3) is 5.57 Å². The fourth-order valence-corrected chi connectivity index (χ4v) is 2.63. The van der Waals surface area contributed by atoms with Crippen molar-refractivity contribution in [2.75, 3.05) is 11.9 Å². The number of carbonyl (C=O) groups is 2. The Morgan fingerprint density at radius 1 is 1.08 bits per heavy atom. The van der Waals surface area contributed by atoms with Crippen LogP contribution in [0.4, 0.5) is 5.69 Å². The molecule has 5 heteroatoms. The number of carboxylic acid groups (broad SMARTS) is 1. The molecule has 0 aliphatic heterocycles. The molecule has 2 aromatic carbocycles. The molecular weight excluding hydrogens is 318 g/mol. The summed E-state index contributed by atoms with van der Waals surface area (Å²) in [6, 6.07) is 14.4. The molecule has 0 aliphatic carbocycles. The maximum absolute atomic E-state index is 12.5. The molecule has 2 N–H and O–H groups in total. The summed E-state index contributed by atoms with van der Waals surface area (Å²) >= 11 is 0. The second-order valence-electron chi connectivity index (χ2n) is 5.51. The van der Waals surface area contributed by atoms with E-state index in [1.54, 1.807) is 39.0 Å². The van der Waals surface area contributed by atoms with Gasteiger partial charge in [0, 0.05) is 16.9 Å². The Labute approximate surface area is 146 Å². The quantitative estimate of drug-likeness (QED) is 0.612. The van der Waals surface area contributed by atoms with Crippen molar-refractivity contribution in [3.8, 4) is 0 Å². The number of esters is 1. The van der Waals surface area contributed by atoms with E-state index in [0.29, 0.717) is 16.8 Å². The van der Waals surface area contributed by atoms with E-state index in [0.717, 1.165) is 5.69 Å². The van der Waals surface area contributed by atoms with Crippen LogP contribution in [0.5, 0.6) is 0 Å². The Balaban J connectivity index is 2.62. The number of hydrogen-bond acceptors (Lipinski definition) is 4. The van der Waals surface area contributed by atoms with Crippen LogP contribution >= 0.6 is 0 Å². The second-order valence-corrected chi connectivity index (χ2v) is 5.51. The standard InChI is InChI=1S/C20H21NO4/c1-4-25-20(24)18(14(3)21-15-10-6-5-7-11-15)16-12-8-9-13(2)17(16)19(22)23/h5-12,21H,4H2,1-3H3,(H,22,23)/b18-14-. The van der Waals surface area contributed by atoms with E-state index >= 15 is 0 Å². The van der Waals surface area contributed by atoms with Crippen LogP contribution in [-0.2, 0) is 9.53 Å². The highest BCUT2D eigenvalue weighted by Crippen LogP contribution is 2.27. The average molecular weight is 339 g/mol. The third kappa shape index (κ3) is 4.26. The van der Waals surface area contributed by atoms with Gasteiger partial charge in [0.1, 0.15) is 0 Å². The van der Waals surface area contributed by atoms with Gasteiger partial charge in [-0.3, -0.25) is 0 Å². The highest BCUT2D eigenvalue weighted by molar-refractivity contribution is 6.20. The number of rotatable bonds is 6. The molecule has 0 spiro atoms. The van der Waals surface area contributed by atoms with Crippen molar-refractivity contribution in [2.24, 2.45) is 0 Å². The van der Waals surface area contributed by atoms with Crippen LogP contribution in [0.3, 0.4) is 0 Å². The lowest BCUT2D eigenvalue weighted by Gasteiger charge is -2.16. The minimum absolute atomic E-state index is 0.0970. The summed E-state index contributed by atoms with van der Waals surface area (Å²) in [5.41, 5.74) is 2.56. The number of allylic oxidation sites excluding steroid dienone is 1. The number of anilines is 1. The first-order valence-electron chi connectivity index (χ1n) is 7.99. The van der Waals surface area contributed by atoms with Gasteiger partial charge in [-0.2, -0.15) is 0 Å². The molecule has 0 radical (unpaired) electrons. The summed E-state index contributed by atoms with van der Waals surface area (Å²) in [6.45, 7) is 5.35. The molecule has 0 amide bonds. The fourth-order valence-electron chi connectivity index (χ4n) is 2.63. The van der Waals surface area contributed by atoms with Crippen LogP contribution in [0.15, 0.2) is 54.2 Å². The number of benzene rings is 2. The van der Waals surface area contributed by atoms with Crippen molar-refractivity contribution in [1.29, 1.82) is 0 Å².